The summed E-state index contributed by atoms with van der Waals surface area (Å²) in [6.07, 6.45) is 4.25. The lowest BCUT2D eigenvalue weighted by molar-refractivity contribution is 0.149. The normalized spacial score (nSPS) is 9.67. The lowest BCUT2D eigenvalue weighted by Gasteiger charge is -2.06. The number of rotatable bonds is 3. The largest absolute Gasteiger partial charge is 0.449 e. The van der Waals surface area contributed by atoms with E-state index >= 15 is 0 Å². The average Bonchev–Trinajstić information content (AvgIpc) is 2.70. The van der Waals surface area contributed by atoms with Gasteiger partial charge in [-0.1, -0.05) is 13.3 Å². The summed E-state index contributed by atoms with van der Waals surface area (Å²) >= 11 is 0. The van der Waals surface area contributed by atoms with Crippen LogP contribution in [-0.2, 0) is 4.74 Å². The van der Waals surface area contributed by atoms with Gasteiger partial charge in [-0.3, -0.25) is 10.7 Å². The molecule has 1 heterocycles. The van der Waals surface area contributed by atoms with E-state index in [-0.39, 0.29) is 5.96 Å². The SMILES string of the molecule is CCCCOC(=O)NC(=N)n1cccn1. The molecule has 0 saturated heterocycles. The van der Waals surface area contributed by atoms with Crippen molar-refractivity contribution in [2.24, 2.45) is 0 Å². The van der Waals surface area contributed by atoms with E-state index in [2.05, 4.69) is 10.4 Å². The Balaban J connectivity index is 2.29. The van der Waals surface area contributed by atoms with E-state index in [0.29, 0.717) is 6.61 Å². The molecular weight excluding hydrogens is 196 g/mol. The van der Waals surface area contributed by atoms with Gasteiger partial charge in [-0.15, -0.1) is 0 Å². The van der Waals surface area contributed by atoms with Gasteiger partial charge in [0.25, 0.3) is 0 Å². The van der Waals surface area contributed by atoms with Crippen molar-refractivity contribution in [1.29, 1.82) is 5.41 Å². The van der Waals surface area contributed by atoms with E-state index in [1.165, 1.54) is 10.9 Å². The van der Waals surface area contributed by atoms with Crippen LogP contribution in [-0.4, -0.2) is 28.4 Å². The van der Waals surface area contributed by atoms with Crippen molar-refractivity contribution in [2.75, 3.05) is 6.61 Å². The smallest absolute Gasteiger partial charge is 0.414 e. The molecule has 0 bridgehead atoms. The zero-order valence-corrected chi connectivity index (χ0v) is 8.56. The number of unbranched alkanes of at least 4 members (excludes halogenated alkanes) is 1. The topological polar surface area (TPSA) is 80.0 Å². The number of carbonyl (C=O) groups is 1. The molecule has 6 heteroatoms. The Hall–Kier alpha value is -1.85. The molecule has 6 nitrogen and oxygen atoms in total. The fraction of sp³-hybridized carbons (Fsp3) is 0.444. The van der Waals surface area contributed by atoms with Crippen molar-refractivity contribution >= 4 is 12.1 Å². The number of amides is 1. The Morgan fingerprint density at radius 1 is 1.67 bits per heavy atom. The molecule has 0 aromatic carbocycles. The molecular formula is C9H14N4O2. The van der Waals surface area contributed by atoms with Gasteiger partial charge >= 0.3 is 6.09 Å². The van der Waals surface area contributed by atoms with Crippen molar-refractivity contribution < 1.29 is 9.53 Å². The molecule has 1 aromatic rings. The monoisotopic (exact) mass is 210 g/mol. The molecule has 0 atom stereocenters. The maximum Gasteiger partial charge on any atom is 0.414 e. The van der Waals surface area contributed by atoms with E-state index in [1.54, 1.807) is 12.3 Å². The van der Waals surface area contributed by atoms with Crippen LogP contribution in [0.3, 0.4) is 0 Å². The molecule has 0 radical (unpaired) electrons. The van der Waals surface area contributed by atoms with Gasteiger partial charge in [0.05, 0.1) is 6.61 Å². The summed E-state index contributed by atoms with van der Waals surface area (Å²) in [5, 5.41) is 13.5. The van der Waals surface area contributed by atoms with Crippen LogP contribution in [0.1, 0.15) is 19.8 Å². The van der Waals surface area contributed by atoms with Crippen LogP contribution in [0.25, 0.3) is 0 Å². The number of carbonyl (C=O) groups excluding carboxylic acids is 1. The van der Waals surface area contributed by atoms with Crippen LogP contribution < -0.4 is 5.32 Å². The van der Waals surface area contributed by atoms with Gasteiger partial charge in [-0.25, -0.2) is 9.48 Å². The zero-order chi connectivity index (χ0) is 11.1. The Labute approximate surface area is 87.7 Å². The summed E-state index contributed by atoms with van der Waals surface area (Å²) in [5.41, 5.74) is 0. The van der Waals surface area contributed by atoms with Gasteiger partial charge < -0.3 is 4.74 Å². The molecule has 0 aliphatic heterocycles. The number of nitrogens with one attached hydrogen (secondary N) is 2. The molecule has 0 aliphatic rings. The van der Waals surface area contributed by atoms with Crippen molar-refractivity contribution in [3.63, 3.8) is 0 Å². The van der Waals surface area contributed by atoms with Gasteiger partial charge in [0.1, 0.15) is 0 Å². The molecule has 0 spiro atoms. The minimum Gasteiger partial charge on any atom is -0.449 e. The van der Waals surface area contributed by atoms with Crippen molar-refractivity contribution in [1.82, 2.24) is 15.1 Å². The molecule has 82 valence electrons. The molecule has 0 aliphatic carbocycles. The Morgan fingerprint density at radius 2 is 2.47 bits per heavy atom. The first kappa shape index (κ1) is 11.2. The second-order valence-electron chi connectivity index (χ2n) is 2.91. The maximum absolute atomic E-state index is 11.1. The third-order valence-corrected chi connectivity index (χ3v) is 1.69. The molecule has 1 rings (SSSR count). The van der Waals surface area contributed by atoms with Crippen LogP contribution in [0.5, 0.6) is 0 Å². The lowest BCUT2D eigenvalue weighted by Crippen LogP contribution is -2.35. The number of hydrogen-bond donors (Lipinski definition) is 2. The van der Waals surface area contributed by atoms with Crippen molar-refractivity contribution in [3.05, 3.63) is 18.5 Å². The summed E-state index contributed by atoms with van der Waals surface area (Å²) in [6.45, 7) is 2.38. The van der Waals surface area contributed by atoms with E-state index in [9.17, 15) is 4.79 Å². The number of nitrogens with zero attached hydrogens (tertiary/aromatic N) is 2. The quantitative estimate of drug-likeness (QED) is 0.446. The average molecular weight is 210 g/mol. The number of aromatic nitrogens is 2. The summed E-state index contributed by atoms with van der Waals surface area (Å²) in [6, 6.07) is 1.67. The molecule has 1 amide bonds. The van der Waals surface area contributed by atoms with E-state index in [4.69, 9.17) is 10.1 Å². The summed E-state index contributed by atoms with van der Waals surface area (Å²) in [5.74, 6) is -0.124. The lowest BCUT2D eigenvalue weighted by atomic mass is 10.4. The second kappa shape index (κ2) is 5.79. The van der Waals surface area contributed by atoms with E-state index in [0.717, 1.165) is 12.8 Å². The zero-order valence-electron chi connectivity index (χ0n) is 8.56. The van der Waals surface area contributed by atoms with Gasteiger partial charge in [-0.05, 0) is 12.5 Å². The highest BCUT2D eigenvalue weighted by Crippen LogP contribution is 1.89. The van der Waals surface area contributed by atoms with E-state index in [1.807, 2.05) is 6.92 Å². The molecule has 1 aromatic heterocycles. The molecule has 2 N–H and O–H groups in total. The van der Waals surface area contributed by atoms with Crippen LogP contribution in [0.4, 0.5) is 4.79 Å². The Kier molecular flexibility index (Phi) is 4.33. The van der Waals surface area contributed by atoms with Crippen molar-refractivity contribution in [2.45, 2.75) is 19.8 Å². The minimum absolute atomic E-state index is 0.124. The maximum atomic E-state index is 11.1. The highest BCUT2D eigenvalue weighted by molar-refractivity contribution is 5.92. The minimum atomic E-state index is -0.621. The van der Waals surface area contributed by atoms with Crippen LogP contribution in [0.2, 0.25) is 0 Å². The van der Waals surface area contributed by atoms with Gasteiger partial charge in [0, 0.05) is 12.4 Å². The predicted octanol–water partition coefficient (Wildman–Crippen LogP) is 1.19. The first-order valence-corrected chi connectivity index (χ1v) is 4.76. The van der Waals surface area contributed by atoms with Crippen LogP contribution >= 0.6 is 0 Å². The van der Waals surface area contributed by atoms with Crippen molar-refractivity contribution in [3.8, 4) is 0 Å². The number of alkyl carbamates (subject to hydrolysis) is 1. The summed E-state index contributed by atoms with van der Waals surface area (Å²) in [7, 11) is 0. The Morgan fingerprint density at radius 3 is 3.07 bits per heavy atom. The van der Waals surface area contributed by atoms with Gasteiger partial charge in [-0.2, -0.15) is 5.10 Å². The molecule has 0 saturated carbocycles. The fourth-order valence-electron chi connectivity index (χ4n) is 0.900. The highest BCUT2D eigenvalue weighted by Gasteiger charge is 2.06. The fourth-order valence-corrected chi connectivity index (χ4v) is 0.900. The standard InChI is InChI=1S/C9H14N4O2/c1-2-3-7-15-9(14)12-8(10)13-6-4-5-11-13/h4-6H,2-3,7H2,1H3,(H2,10,12,14). The first-order chi connectivity index (χ1) is 7.24. The highest BCUT2D eigenvalue weighted by atomic mass is 16.5. The van der Waals surface area contributed by atoms with Gasteiger partial charge in [0.2, 0.25) is 5.96 Å². The summed E-state index contributed by atoms with van der Waals surface area (Å²) < 4.78 is 6.06. The predicted molar refractivity (Wildman–Crippen MR) is 54.7 cm³/mol. The summed E-state index contributed by atoms with van der Waals surface area (Å²) in [4.78, 5) is 11.1. The third-order valence-electron chi connectivity index (χ3n) is 1.69. The molecule has 15 heavy (non-hydrogen) atoms. The number of ether oxygens (including phenoxy) is 1. The van der Waals surface area contributed by atoms with Gasteiger partial charge in [0.15, 0.2) is 0 Å². The number of hydrogen-bond acceptors (Lipinski definition) is 4. The Bertz CT molecular complexity index is 321. The van der Waals surface area contributed by atoms with E-state index < -0.39 is 6.09 Å². The van der Waals surface area contributed by atoms with Crippen LogP contribution in [0, 0.1) is 5.41 Å². The molecule has 0 unspecified atom stereocenters. The second-order valence-corrected chi connectivity index (χ2v) is 2.91. The first-order valence-electron chi connectivity index (χ1n) is 4.76. The molecule has 0 fully saturated rings. The third kappa shape index (κ3) is 3.80. The van der Waals surface area contributed by atoms with Crippen LogP contribution in [0.15, 0.2) is 18.5 Å².